The fourth-order valence-corrected chi connectivity index (χ4v) is 4.08. The molecule has 0 saturated heterocycles. The maximum Gasteiger partial charge on any atom is 0.408 e. The first-order valence-corrected chi connectivity index (χ1v) is 13.3. The van der Waals surface area contributed by atoms with Gasteiger partial charge in [0.2, 0.25) is 11.8 Å². The molecule has 0 fully saturated rings. The van der Waals surface area contributed by atoms with Crippen LogP contribution in [0, 0.1) is 11.3 Å². The summed E-state index contributed by atoms with van der Waals surface area (Å²) in [6.07, 6.45) is 3.79. The molecule has 8 nitrogen and oxygen atoms in total. The minimum atomic E-state index is -1.09. The van der Waals surface area contributed by atoms with Gasteiger partial charge in [-0.1, -0.05) is 81.0 Å². The number of benzene rings is 2. The van der Waals surface area contributed by atoms with Crippen LogP contribution in [0.1, 0.15) is 69.7 Å². The molecule has 2 N–H and O–H groups in total. The number of amides is 3. The van der Waals surface area contributed by atoms with Crippen molar-refractivity contribution in [1.82, 2.24) is 15.5 Å². The fraction of sp³-hybridized carbons (Fsp3) is 0.419. The number of hydrogen-bond donors (Lipinski definition) is 2. The number of hydrogen-bond acceptors (Lipinski definition) is 5. The maximum absolute atomic E-state index is 14.1. The second-order valence-electron chi connectivity index (χ2n) is 10.3. The lowest BCUT2D eigenvalue weighted by Crippen LogP contribution is -2.54. The van der Waals surface area contributed by atoms with Gasteiger partial charge in [0.15, 0.2) is 0 Å². The Balaban J connectivity index is 2.50. The molecule has 0 aliphatic rings. The lowest BCUT2D eigenvalue weighted by molar-refractivity contribution is -0.141. The number of nitrogens with zero attached hydrogens (tertiary/aromatic N) is 2. The molecule has 0 spiro atoms. The summed E-state index contributed by atoms with van der Waals surface area (Å²) in [5.74, 6) is -0.962. The van der Waals surface area contributed by atoms with Crippen molar-refractivity contribution in [2.45, 2.75) is 71.1 Å². The number of unbranched alkanes of at least 4 members (excludes halogenated alkanes) is 2. The number of rotatable bonds is 13. The molecule has 0 bridgehead atoms. The van der Waals surface area contributed by atoms with Gasteiger partial charge in [-0.2, -0.15) is 5.26 Å². The van der Waals surface area contributed by atoms with Crippen LogP contribution in [-0.2, 0) is 20.7 Å². The van der Waals surface area contributed by atoms with Crippen molar-refractivity contribution >= 4 is 24.0 Å². The standard InChI is InChI=1S/C31H40N4O4/c1-6-8-12-19-33-28(36)27(25-17-13-16-23(7-2)21-25)35(20-18-32)29(37)26(22-24-14-10-9-11-15-24)34-30(38)39-31(3,4)5/h7,9-11,13-17,21,26-27H,2,6,8,12,19-20,22H2,1,3-5H3,(H,33,36)(H,34,38). The Morgan fingerprint density at radius 2 is 1.82 bits per heavy atom. The molecule has 3 amide bonds. The molecule has 2 atom stereocenters. The molecular formula is C31H40N4O4. The topological polar surface area (TPSA) is 112 Å². The maximum atomic E-state index is 14.1. The van der Waals surface area contributed by atoms with Crippen LogP contribution in [0.2, 0.25) is 0 Å². The highest BCUT2D eigenvalue weighted by molar-refractivity contribution is 5.92. The first kappa shape index (κ1) is 31.1. The second-order valence-corrected chi connectivity index (χ2v) is 10.3. The molecular weight excluding hydrogens is 492 g/mol. The van der Waals surface area contributed by atoms with Crippen LogP contribution in [0.25, 0.3) is 6.08 Å². The number of ether oxygens (including phenoxy) is 1. The van der Waals surface area contributed by atoms with Crippen molar-refractivity contribution in [3.63, 3.8) is 0 Å². The van der Waals surface area contributed by atoms with E-state index in [2.05, 4.69) is 24.1 Å². The van der Waals surface area contributed by atoms with Gasteiger partial charge < -0.3 is 20.3 Å². The SMILES string of the molecule is C=Cc1cccc(C(C(=O)NCCCCC)N(CC#N)C(=O)C(Cc2ccccc2)NC(=O)OC(C)(C)C)c1. The average Bonchev–Trinajstić information content (AvgIpc) is 2.89. The molecule has 2 rings (SSSR count). The Kier molecular flexibility index (Phi) is 12.2. The highest BCUT2D eigenvalue weighted by Gasteiger charge is 2.36. The first-order valence-electron chi connectivity index (χ1n) is 13.3. The van der Waals surface area contributed by atoms with Crippen LogP contribution < -0.4 is 10.6 Å². The number of carbonyl (C=O) groups is 3. The van der Waals surface area contributed by atoms with Crippen molar-refractivity contribution in [3.05, 3.63) is 77.9 Å². The fourth-order valence-electron chi connectivity index (χ4n) is 4.08. The van der Waals surface area contributed by atoms with Gasteiger partial charge >= 0.3 is 6.09 Å². The van der Waals surface area contributed by atoms with Crippen LogP contribution in [0.3, 0.4) is 0 Å². The third-order valence-corrected chi connectivity index (χ3v) is 5.90. The summed E-state index contributed by atoms with van der Waals surface area (Å²) in [7, 11) is 0. The minimum Gasteiger partial charge on any atom is -0.444 e. The number of nitrogens with one attached hydrogen (secondary N) is 2. The van der Waals surface area contributed by atoms with Gasteiger partial charge in [0.25, 0.3) is 0 Å². The first-order chi connectivity index (χ1) is 18.6. The molecule has 2 unspecified atom stereocenters. The molecule has 2 aromatic rings. The van der Waals surface area contributed by atoms with E-state index >= 15 is 0 Å². The van der Waals surface area contributed by atoms with E-state index in [1.165, 1.54) is 4.90 Å². The summed E-state index contributed by atoms with van der Waals surface area (Å²) in [6, 6.07) is 16.2. The summed E-state index contributed by atoms with van der Waals surface area (Å²) in [5.41, 5.74) is 1.34. The van der Waals surface area contributed by atoms with Crippen molar-refractivity contribution in [2.75, 3.05) is 13.1 Å². The van der Waals surface area contributed by atoms with E-state index in [9.17, 15) is 19.6 Å². The van der Waals surface area contributed by atoms with Gasteiger partial charge in [-0.05, 0) is 49.9 Å². The van der Waals surface area contributed by atoms with E-state index in [0.29, 0.717) is 12.1 Å². The monoisotopic (exact) mass is 532 g/mol. The zero-order valence-electron chi connectivity index (χ0n) is 23.4. The van der Waals surface area contributed by atoms with Gasteiger partial charge in [-0.25, -0.2) is 4.79 Å². The van der Waals surface area contributed by atoms with Gasteiger partial charge in [-0.15, -0.1) is 0 Å². The van der Waals surface area contributed by atoms with Crippen LogP contribution >= 0.6 is 0 Å². The summed E-state index contributed by atoms with van der Waals surface area (Å²) in [6.45, 7) is 11.2. The molecule has 0 aliphatic heterocycles. The van der Waals surface area contributed by atoms with Crippen molar-refractivity contribution in [3.8, 4) is 6.07 Å². The summed E-state index contributed by atoms with van der Waals surface area (Å²) in [4.78, 5) is 41.6. The third-order valence-electron chi connectivity index (χ3n) is 5.90. The quantitative estimate of drug-likeness (QED) is 0.273. The Morgan fingerprint density at radius 1 is 1.10 bits per heavy atom. The molecule has 0 saturated carbocycles. The smallest absolute Gasteiger partial charge is 0.408 e. The Hall–Kier alpha value is -4.12. The van der Waals surface area contributed by atoms with Crippen LogP contribution in [0.15, 0.2) is 61.2 Å². The van der Waals surface area contributed by atoms with Gasteiger partial charge in [-0.3, -0.25) is 9.59 Å². The van der Waals surface area contributed by atoms with Gasteiger partial charge in [0, 0.05) is 13.0 Å². The highest BCUT2D eigenvalue weighted by atomic mass is 16.6. The van der Waals surface area contributed by atoms with E-state index in [1.54, 1.807) is 45.0 Å². The Bertz CT molecular complexity index is 1150. The van der Waals surface area contributed by atoms with E-state index in [0.717, 1.165) is 30.4 Å². The third kappa shape index (κ3) is 10.3. The largest absolute Gasteiger partial charge is 0.444 e. The van der Waals surface area contributed by atoms with E-state index < -0.39 is 35.6 Å². The predicted molar refractivity (Wildman–Crippen MR) is 152 cm³/mol. The van der Waals surface area contributed by atoms with E-state index in [4.69, 9.17) is 4.74 Å². The lowest BCUT2D eigenvalue weighted by atomic mass is 9.99. The predicted octanol–water partition coefficient (Wildman–Crippen LogP) is 5.17. The van der Waals surface area contributed by atoms with Crippen molar-refractivity contribution in [1.29, 1.82) is 5.26 Å². The van der Waals surface area contributed by atoms with Crippen LogP contribution in [-0.4, -0.2) is 47.5 Å². The van der Waals surface area contributed by atoms with Crippen molar-refractivity contribution in [2.24, 2.45) is 0 Å². The summed E-state index contributed by atoms with van der Waals surface area (Å²) in [5, 5.41) is 15.3. The zero-order valence-corrected chi connectivity index (χ0v) is 23.4. The van der Waals surface area contributed by atoms with Crippen LogP contribution in [0.5, 0.6) is 0 Å². The van der Waals surface area contributed by atoms with E-state index in [1.807, 2.05) is 42.5 Å². The second kappa shape index (κ2) is 15.3. The minimum absolute atomic E-state index is 0.151. The molecule has 39 heavy (non-hydrogen) atoms. The molecule has 0 radical (unpaired) electrons. The zero-order chi connectivity index (χ0) is 28.8. The normalized spacial score (nSPS) is 12.4. The van der Waals surface area contributed by atoms with Crippen molar-refractivity contribution < 1.29 is 19.1 Å². The molecule has 0 aromatic heterocycles. The Labute approximate surface area is 232 Å². The van der Waals surface area contributed by atoms with E-state index in [-0.39, 0.29) is 13.0 Å². The number of nitriles is 1. The average molecular weight is 533 g/mol. The summed E-state index contributed by atoms with van der Waals surface area (Å²) >= 11 is 0. The van der Waals surface area contributed by atoms with Crippen LogP contribution in [0.4, 0.5) is 4.79 Å². The van der Waals surface area contributed by atoms with Gasteiger partial charge in [0.05, 0.1) is 6.07 Å². The molecule has 0 aliphatic carbocycles. The molecule has 208 valence electrons. The Morgan fingerprint density at radius 3 is 2.44 bits per heavy atom. The highest BCUT2D eigenvalue weighted by Crippen LogP contribution is 2.24. The molecule has 2 aromatic carbocycles. The molecule has 0 heterocycles. The van der Waals surface area contributed by atoms with Gasteiger partial charge in [0.1, 0.15) is 24.2 Å². The summed E-state index contributed by atoms with van der Waals surface area (Å²) < 4.78 is 5.42. The molecule has 8 heteroatoms. The lowest BCUT2D eigenvalue weighted by Gasteiger charge is -2.33. The number of alkyl carbamates (subject to hydrolysis) is 1. The number of carbonyl (C=O) groups excluding carboxylic acids is 3.